The molecule has 1 aromatic rings. The highest BCUT2D eigenvalue weighted by Crippen LogP contribution is 2.15. The van der Waals surface area contributed by atoms with Gasteiger partial charge < -0.3 is 10.9 Å². The monoisotopic (exact) mass is 295 g/mol. The first kappa shape index (κ1) is 16.9. The minimum Gasteiger partial charge on any atom is -0.409 e. The fourth-order valence-electron chi connectivity index (χ4n) is 2.02. The van der Waals surface area contributed by atoms with E-state index in [2.05, 4.69) is 43.3 Å². The van der Waals surface area contributed by atoms with Gasteiger partial charge in [0.1, 0.15) is 0 Å². The number of nitrogens with zero attached hydrogens (tertiary/aromatic N) is 2. The standard InChI is InChI=1S/C15H25N3OS/c1-11-9-13(15(16)17-19)5-6-14(11)10-18(3)12(2)7-8-20-4/h5-6,9,12,19H,7-8,10H2,1-4H3,(H2,16,17). The summed E-state index contributed by atoms with van der Waals surface area (Å²) in [5, 5.41) is 11.7. The number of thioether (sulfide) groups is 1. The molecule has 4 nitrogen and oxygen atoms in total. The van der Waals surface area contributed by atoms with E-state index in [1.165, 1.54) is 17.7 Å². The highest BCUT2D eigenvalue weighted by molar-refractivity contribution is 7.98. The van der Waals surface area contributed by atoms with Gasteiger partial charge in [-0.1, -0.05) is 17.3 Å². The Kier molecular flexibility index (Phi) is 6.88. The Bertz CT molecular complexity index is 462. The number of hydrogen-bond donors (Lipinski definition) is 2. The number of rotatable bonds is 7. The Morgan fingerprint density at radius 2 is 2.20 bits per heavy atom. The first-order valence-electron chi connectivity index (χ1n) is 6.76. The summed E-state index contributed by atoms with van der Waals surface area (Å²) < 4.78 is 0. The fourth-order valence-corrected chi connectivity index (χ4v) is 2.60. The molecule has 0 aliphatic carbocycles. The van der Waals surface area contributed by atoms with Crippen LogP contribution in [0.3, 0.4) is 0 Å². The third-order valence-electron chi connectivity index (χ3n) is 3.66. The van der Waals surface area contributed by atoms with Crippen molar-refractivity contribution in [3.63, 3.8) is 0 Å². The second kappa shape index (κ2) is 8.17. The molecule has 1 atom stereocenters. The van der Waals surface area contributed by atoms with Gasteiger partial charge in [0.05, 0.1) is 0 Å². The predicted molar refractivity (Wildman–Crippen MR) is 87.6 cm³/mol. The minimum atomic E-state index is 0.154. The number of nitrogens with two attached hydrogens (primary N) is 1. The van der Waals surface area contributed by atoms with Crippen molar-refractivity contribution in [2.24, 2.45) is 10.9 Å². The van der Waals surface area contributed by atoms with E-state index in [0.717, 1.165) is 17.7 Å². The molecule has 0 bridgehead atoms. The van der Waals surface area contributed by atoms with Crippen LogP contribution in [-0.4, -0.2) is 41.0 Å². The Labute approximate surface area is 126 Å². The number of hydrogen-bond acceptors (Lipinski definition) is 4. The van der Waals surface area contributed by atoms with Gasteiger partial charge in [0.25, 0.3) is 0 Å². The predicted octanol–water partition coefficient (Wildman–Crippen LogP) is 2.66. The maximum atomic E-state index is 8.70. The van der Waals surface area contributed by atoms with Crippen LogP contribution in [-0.2, 0) is 6.54 Å². The van der Waals surface area contributed by atoms with E-state index < -0.39 is 0 Å². The van der Waals surface area contributed by atoms with Crippen LogP contribution < -0.4 is 5.73 Å². The Hall–Kier alpha value is -1.20. The summed E-state index contributed by atoms with van der Waals surface area (Å²) in [7, 11) is 2.15. The Balaban J connectivity index is 2.73. The maximum absolute atomic E-state index is 8.70. The molecular weight excluding hydrogens is 270 g/mol. The van der Waals surface area contributed by atoms with Gasteiger partial charge in [-0.05, 0) is 56.5 Å². The van der Waals surface area contributed by atoms with Crippen LogP contribution in [0.1, 0.15) is 30.0 Å². The second-order valence-corrected chi connectivity index (χ2v) is 6.16. The van der Waals surface area contributed by atoms with Crippen molar-refractivity contribution in [2.75, 3.05) is 19.1 Å². The minimum absolute atomic E-state index is 0.154. The lowest BCUT2D eigenvalue weighted by Gasteiger charge is -2.25. The smallest absolute Gasteiger partial charge is 0.170 e. The van der Waals surface area contributed by atoms with Crippen molar-refractivity contribution in [3.05, 3.63) is 34.9 Å². The molecule has 3 N–H and O–H groups in total. The molecule has 0 fully saturated rings. The van der Waals surface area contributed by atoms with Gasteiger partial charge in [0.2, 0.25) is 0 Å². The SMILES string of the molecule is CSCCC(C)N(C)Cc1ccc(/C(N)=N/O)cc1C. The molecule has 1 rings (SSSR count). The van der Waals surface area contributed by atoms with Gasteiger partial charge in [-0.15, -0.1) is 0 Å². The molecule has 0 saturated heterocycles. The molecule has 0 spiro atoms. The lowest BCUT2D eigenvalue weighted by atomic mass is 10.0. The lowest BCUT2D eigenvalue weighted by Crippen LogP contribution is -2.29. The highest BCUT2D eigenvalue weighted by atomic mass is 32.2. The number of amidine groups is 1. The molecule has 112 valence electrons. The first-order valence-corrected chi connectivity index (χ1v) is 8.15. The third kappa shape index (κ3) is 4.72. The molecule has 5 heteroatoms. The zero-order valence-corrected chi connectivity index (χ0v) is 13.6. The highest BCUT2D eigenvalue weighted by Gasteiger charge is 2.11. The maximum Gasteiger partial charge on any atom is 0.170 e. The number of aryl methyl sites for hydroxylation is 1. The molecule has 0 aliphatic rings. The van der Waals surface area contributed by atoms with Crippen LogP contribution in [0.4, 0.5) is 0 Å². The van der Waals surface area contributed by atoms with Crippen LogP contribution in [0.5, 0.6) is 0 Å². The molecular formula is C15H25N3OS. The molecule has 1 aromatic carbocycles. The lowest BCUT2D eigenvalue weighted by molar-refractivity contribution is 0.244. The van der Waals surface area contributed by atoms with Crippen molar-refractivity contribution >= 4 is 17.6 Å². The van der Waals surface area contributed by atoms with Crippen molar-refractivity contribution in [1.29, 1.82) is 0 Å². The van der Waals surface area contributed by atoms with Crippen LogP contribution in [0, 0.1) is 6.92 Å². The number of oxime groups is 1. The molecule has 0 saturated carbocycles. The second-order valence-electron chi connectivity index (χ2n) is 5.17. The van der Waals surface area contributed by atoms with E-state index in [1.54, 1.807) is 0 Å². The summed E-state index contributed by atoms with van der Waals surface area (Å²) in [4.78, 5) is 2.36. The summed E-state index contributed by atoms with van der Waals surface area (Å²) in [5.41, 5.74) is 8.80. The average molecular weight is 295 g/mol. The molecule has 0 radical (unpaired) electrons. The van der Waals surface area contributed by atoms with Crippen molar-refractivity contribution in [2.45, 2.75) is 32.9 Å². The van der Waals surface area contributed by atoms with Crippen molar-refractivity contribution in [1.82, 2.24) is 4.90 Å². The molecule has 0 amide bonds. The van der Waals surface area contributed by atoms with Gasteiger partial charge in [-0.2, -0.15) is 11.8 Å². The van der Waals surface area contributed by atoms with Crippen LogP contribution in [0.15, 0.2) is 23.4 Å². The van der Waals surface area contributed by atoms with E-state index in [1.807, 2.05) is 23.9 Å². The molecule has 0 heterocycles. The van der Waals surface area contributed by atoms with E-state index >= 15 is 0 Å². The van der Waals surface area contributed by atoms with E-state index in [9.17, 15) is 0 Å². The van der Waals surface area contributed by atoms with E-state index in [4.69, 9.17) is 10.9 Å². The van der Waals surface area contributed by atoms with Gasteiger partial charge in [0, 0.05) is 18.2 Å². The topological polar surface area (TPSA) is 61.8 Å². The van der Waals surface area contributed by atoms with E-state index in [-0.39, 0.29) is 5.84 Å². The quantitative estimate of drug-likeness (QED) is 0.351. The molecule has 1 unspecified atom stereocenters. The summed E-state index contributed by atoms with van der Waals surface area (Å²) >= 11 is 1.89. The van der Waals surface area contributed by atoms with Gasteiger partial charge in [-0.3, -0.25) is 4.90 Å². The Morgan fingerprint density at radius 3 is 2.75 bits per heavy atom. The van der Waals surface area contributed by atoms with Crippen LogP contribution >= 0.6 is 11.8 Å². The average Bonchev–Trinajstić information content (AvgIpc) is 2.45. The molecule has 20 heavy (non-hydrogen) atoms. The Morgan fingerprint density at radius 1 is 1.50 bits per heavy atom. The summed E-state index contributed by atoms with van der Waals surface area (Å²) in [5.74, 6) is 1.34. The van der Waals surface area contributed by atoms with Crippen LogP contribution in [0.2, 0.25) is 0 Å². The zero-order valence-electron chi connectivity index (χ0n) is 12.8. The largest absolute Gasteiger partial charge is 0.409 e. The molecule has 0 aromatic heterocycles. The van der Waals surface area contributed by atoms with Crippen molar-refractivity contribution < 1.29 is 5.21 Å². The third-order valence-corrected chi connectivity index (χ3v) is 4.30. The summed E-state index contributed by atoms with van der Waals surface area (Å²) in [6.45, 7) is 5.23. The number of benzene rings is 1. The molecule has 0 aliphatic heterocycles. The normalized spacial score (nSPS) is 13.8. The zero-order chi connectivity index (χ0) is 15.1. The van der Waals surface area contributed by atoms with Crippen molar-refractivity contribution in [3.8, 4) is 0 Å². The van der Waals surface area contributed by atoms with Gasteiger partial charge in [0.15, 0.2) is 5.84 Å². The van der Waals surface area contributed by atoms with Gasteiger partial charge in [-0.25, -0.2) is 0 Å². The van der Waals surface area contributed by atoms with E-state index in [0.29, 0.717) is 6.04 Å². The fraction of sp³-hybridized carbons (Fsp3) is 0.533. The summed E-state index contributed by atoms with van der Waals surface area (Å²) in [6.07, 6.45) is 3.33. The van der Waals surface area contributed by atoms with Gasteiger partial charge >= 0.3 is 0 Å². The summed E-state index contributed by atoms with van der Waals surface area (Å²) in [6, 6.07) is 6.48. The first-order chi connectivity index (χ1) is 9.49. The van der Waals surface area contributed by atoms with Crippen LogP contribution in [0.25, 0.3) is 0 Å².